The predicted octanol–water partition coefficient (Wildman–Crippen LogP) is 3.22. The van der Waals surface area contributed by atoms with Gasteiger partial charge in [0.1, 0.15) is 0 Å². The van der Waals surface area contributed by atoms with Crippen LogP contribution in [0, 0.1) is 0 Å². The summed E-state index contributed by atoms with van der Waals surface area (Å²) in [5.41, 5.74) is 9.67. The average molecular weight is 338 g/mol. The number of hydrogen-bond donors (Lipinski definition) is 2. The molecule has 134 valence electrons. The third-order valence-corrected chi connectivity index (χ3v) is 5.18. The van der Waals surface area contributed by atoms with Crippen molar-refractivity contribution in [2.75, 3.05) is 6.54 Å². The van der Waals surface area contributed by atoms with Gasteiger partial charge in [-0.25, -0.2) is 0 Å². The van der Waals surface area contributed by atoms with Gasteiger partial charge in [-0.1, -0.05) is 12.1 Å². The number of fused-ring (bicyclic) bond motifs is 1. The Kier molecular flexibility index (Phi) is 6.54. The van der Waals surface area contributed by atoms with Gasteiger partial charge < -0.3 is 11.1 Å². The Hall–Kier alpha value is -1.78. The molecule has 0 bridgehead atoms. The molecular formula is C21H30N4. The van der Waals surface area contributed by atoms with E-state index < -0.39 is 0 Å². The van der Waals surface area contributed by atoms with Crippen molar-refractivity contribution in [3.63, 3.8) is 0 Å². The lowest BCUT2D eigenvalue weighted by molar-refractivity contribution is 0.331. The van der Waals surface area contributed by atoms with Crippen molar-refractivity contribution in [3.05, 3.63) is 59.7 Å². The third kappa shape index (κ3) is 4.86. The molecule has 3 N–H and O–H groups in total. The number of aromatic nitrogens is 2. The lowest BCUT2D eigenvalue weighted by Gasteiger charge is -2.34. The molecule has 2 aromatic heterocycles. The molecule has 1 aliphatic rings. The van der Waals surface area contributed by atoms with E-state index in [1.807, 2.05) is 18.5 Å². The van der Waals surface area contributed by atoms with Crippen LogP contribution in [0.2, 0.25) is 0 Å². The van der Waals surface area contributed by atoms with E-state index in [0.717, 1.165) is 37.9 Å². The first kappa shape index (κ1) is 18.0. The molecule has 4 heteroatoms. The Morgan fingerprint density at radius 2 is 2.08 bits per heavy atom. The van der Waals surface area contributed by atoms with Crippen molar-refractivity contribution in [2.24, 2.45) is 5.73 Å². The molecule has 3 rings (SSSR count). The summed E-state index contributed by atoms with van der Waals surface area (Å²) < 4.78 is 0. The largest absolute Gasteiger partial charge is 0.330 e. The average Bonchev–Trinajstić information content (AvgIpc) is 2.65. The molecule has 0 aliphatic heterocycles. The molecule has 3 atom stereocenters. The molecule has 1 aliphatic carbocycles. The van der Waals surface area contributed by atoms with Crippen LogP contribution in [-0.4, -0.2) is 28.6 Å². The first-order valence-electron chi connectivity index (χ1n) is 9.57. The molecule has 0 spiro atoms. The quantitative estimate of drug-likeness (QED) is 0.776. The molecule has 0 saturated heterocycles. The van der Waals surface area contributed by atoms with E-state index in [0.29, 0.717) is 18.0 Å². The second-order valence-corrected chi connectivity index (χ2v) is 7.18. The molecule has 25 heavy (non-hydrogen) atoms. The summed E-state index contributed by atoms with van der Waals surface area (Å²) in [6.45, 7) is 3.00. The molecule has 2 heterocycles. The highest BCUT2D eigenvalue weighted by atomic mass is 15.0. The monoisotopic (exact) mass is 338 g/mol. The number of rotatable bonds is 8. The minimum absolute atomic E-state index is 0.381. The van der Waals surface area contributed by atoms with Crippen LogP contribution in [0.15, 0.2) is 42.7 Å². The van der Waals surface area contributed by atoms with Crippen LogP contribution in [0.1, 0.15) is 55.5 Å². The number of nitrogens with one attached hydrogen (secondary N) is 1. The summed E-state index contributed by atoms with van der Waals surface area (Å²) in [6.07, 6.45) is 10.5. The maximum atomic E-state index is 5.80. The Balaban J connectivity index is 1.71. The molecule has 2 aromatic rings. The van der Waals surface area contributed by atoms with E-state index in [1.165, 1.54) is 24.1 Å². The van der Waals surface area contributed by atoms with E-state index >= 15 is 0 Å². The Bertz CT molecular complexity index is 643. The maximum Gasteiger partial charge on any atom is 0.0481 e. The molecule has 3 unspecified atom stereocenters. The van der Waals surface area contributed by atoms with Crippen LogP contribution >= 0.6 is 0 Å². The number of pyridine rings is 2. The van der Waals surface area contributed by atoms with Crippen molar-refractivity contribution in [3.8, 4) is 0 Å². The topological polar surface area (TPSA) is 63.8 Å². The van der Waals surface area contributed by atoms with Gasteiger partial charge in [-0.3, -0.25) is 9.97 Å². The van der Waals surface area contributed by atoms with Crippen molar-refractivity contribution in [1.82, 2.24) is 15.3 Å². The van der Waals surface area contributed by atoms with E-state index in [2.05, 4.69) is 41.5 Å². The van der Waals surface area contributed by atoms with Gasteiger partial charge >= 0.3 is 0 Å². The molecule has 0 amide bonds. The first-order chi connectivity index (χ1) is 12.3. The third-order valence-electron chi connectivity index (χ3n) is 5.18. The Morgan fingerprint density at radius 3 is 2.88 bits per heavy atom. The van der Waals surface area contributed by atoms with Crippen LogP contribution in [0.4, 0.5) is 0 Å². The first-order valence-corrected chi connectivity index (χ1v) is 9.57. The van der Waals surface area contributed by atoms with Gasteiger partial charge in [0.2, 0.25) is 0 Å². The van der Waals surface area contributed by atoms with Gasteiger partial charge in [-0.05, 0) is 69.3 Å². The van der Waals surface area contributed by atoms with Crippen LogP contribution < -0.4 is 11.1 Å². The minimum Gasteiger partial charge on any atom is -0.330 e. The van der Waals surface area contributed by atoms with E-state index in [4.69, 9.17) is 10.7 Å². The van der Waals surface area contributed by atoms with Crippen LogP contribution in [0.3, 0.4) is 0 Å². The second kappa shape index (κ2) is 9.07. The van der Waals surface area contributed by atoms with Crippen molar-refractivity contribution in [2.45, 2.75) is 63.5 Å². The van der Waals surface area contributed by atoms with Gasteiger partial charge in [-0.2, -0.15) is 0 Å². The fraction of sp³-hybridized carbons (Fsp3) is 0.524. The zero-order chi connectivity index (χ0) is 17.5. The highest BCUT2D eigenvalue weighted by Crippen LogP contribution is 2.34. The number of nitrogens with two attached hydrogens (primary N) is 1. The predicted molar refractivity (Wildman–Crippen MR) is 103 cm³/mol. The molecule has 4 nitrogen and oxygen atoms in total. The van der Waals surface area contributed by atoms with Crippen LogP contribution in [-0.2, 0) is 12.8 Å². The molecule has 0 radical (unpaired) electrons. The summed E-state index contributed by atoms with van der Waals surface area (Å²) in [7, 11) is 0. The number of aryl methyl sites for hydroxylation is 1. The number of nitrogens with zero attached hydrogens (tertiary/aromatic N) is 2. The van der Waals surface area contributed by atoms with E-state index in [9.17, 15) is 0 Å². The highest BCUT2D eigenvalue weighted by Gasteiger charge is 2.29. The standard InChI is InChI=1S/C21H30N4/c1-16(15-18-9-2-3-13-23-18)25-20(11-5-12-22)19-10-4-7-17-8-6-14-24-21(17)19/h2-3,6,8-9,13-14,16,19-20,25H,4-5,7,10-12,15,22H2,1H3. The lowest BCUT2D eigenvalue weighted by Crippen LogP contribution is -2.43. The lowest BCUT2D eigenvalue weighted by atomic mass is 9.80. The molecule has 0 saturated carbocycles. The van der Waals surface area contributed by atoms with Gasteiger partial charge in [0, 0.05) is 48.2 Å². The van der Waals surface area contributed by atoms with Gasteiger partial charge in [0.15, 0.2) is 0 Å². The minimum atomic E-state index is 0.381. The zero-order valence-corrected chi connectivity index (χ0v) is 15.2. The summed E-state index contributed by atoms with van der Waals surface area (Å²) >= 11 is 0. The molecular weight excluding hydrogens is 308 g/mol. The van der Waals surface area contributed by atoms with Crippen LogP contribution in [0.5, 0.6) is 0 Å². The summed E-state index contributed by atoms with van der Waals surface area (Å²) in [5.74, 6) is 0.489. The summed E-state index contributed by atoms with van der Waals surface area (Å²) in [4.78, 5) is 9.20. The van der Waals surface area contributed by atoms with Crippen LogP contribution in [0.25, 0.3) is 0 Å². The number of hydrogen-bond acceptors (Lipinski definition) is 4. The van der Waals surface area contributed by atoms with E-state index in [-0.39, 0.29) is 0 Å². The Morgan fingerprint density at radius 1 is 1.20 bits per heavy atom. The van der Waals surface area contributed by atoms with Gasteiger partial charge in [-0.15, -0.1) is 0 Å². The van der Waals surface area contributed by atoms with Crippen molar-refractivity contribution < 1.29 is 0 Å². The zero-order valence-electron chi connectivity index (χ0n) is 15.2. The van der Waals surface area contributed by atoms with Crippen molar-refractivity contribution in [1.29, 1.82) is 0 Å². The normalized spacial score (nSPS) is 19.2. The SMILES string of the molecule is CC(Cc1ccccn1)NC(CCCN)C1CCCc2cccnc21. The summed E-state index contributed by atoms with van der Waals surface area (Å²) in [5, 5.41) is 3.88. The van der Waals surface area contributed by atoms with Gasteiger partial charge in [0.05, 0.1) is 0 Å². The maximum absolute atomic E-state index is 5.80. The fourth-order valence-electron chi connectivity index (χ4n) is 4.03. The van der Waals surface area contributed by atoms with E-state index in [1.54, 1.807) is 0 Å². The molecule has 0 aromatic carbocycles. The van der Waals surface area contributed by atoms with Crippen molar-refractivity contribution >= 4 is 0 Å². The smallest absolute Gasteiger partial charge is 0.0481 e. The highest BCUT2D eigenvalue weighted by molar-refractivity contribution is 5.27. The second-order valence-electron chi connectivity index (χ2n) is 7.18. The molecule has 0 fully saturated rings. The fourth-order valence-corrected chi connectivity index (χ4v) is 4.03. The van der Waals surface area contributed by atoms with Gasteiger partial charge in [0.25, 0.3) is 0 Å². The summed E-state index contributed by atoms with van der Waals surface area (Å²) in [6, 6.07) is 11.2. The Labute approximate surface area is 151 Å².